The summed E-state index contributed by atoms with van der Waals surface area (Å²) in [6.45, 7) is 5.12. The fourth-order valence-corrected chi connectivity index (χ4v) is 5.23. The number of fused-ring (bicyclic) bond motifs is 2. The van der Waals surface area contributed by atoms with Crippen molar-refractivity contribution < 1.29 is 9.21 Å². The number of primary amides is 1. The maximum atomic E-state index is 11.4. The van der Waals surface area contributed by atoms with Gasteiger partial charge in [-0.1, -0.05) is 0 Å². The van der Waals surface area contributed by atoms with E-state index in [0.717, 1.165) is 68.6 Å². The van der Waals surface area contributed by atoms with Crippen molar-refractivity contribution in [2.24, 2.45) is 5.73 Å². The molecule has 1 aliphatic heterocycles. The number of aryl methyl sites for hydroxylation is 1. The number of anilines is 1. The van der Waals surface area contributed by atoms with Crippen molar-refractivity contribution in [3.05, 3.63) is 65.5 Å². The normalized spacial score (nSPS) is 14.6. The van der Waals surface area contributed by atoms with Crippen LogP contribution >= 0.6 is 9.39 Å². The van der Waals surface area contributed by atoms with Crippen molar-refractivity contribution in [3.8, 4) is 6.07 Å². The Morgan fingerprint density at radius 3 is 2.68 bits per heavy atom. The van der Waals surface area contributed by atoms with E-state index < -0.39 is 5.91 Å². The summed E-state index contributed by atoms with van der Waals surface area (Å²) in [7, 11) is 2.74. The minimum atomic E-state index is -0.544. The number of nitrogens with two attached hydrogens (primary N) is 1. The molecule has 8 heteroatoms. The number of furan rings is 1. The molecule has 1 amide bonds. The third-order valence-electron chi connectivity index (χ3n) is 6.70. The number of carbonyl (C=O) groups is 1. The molecule has 7 nitrogen and oxygen atoms in total. The van der Waals surface area contributed by atoms with Gasteiger partial charge in [-0.15, -0.1) is 0 Å². The first-order valence-corrected chi connectivity index (χ1v) is 12.1. The zero-order valence-electron chi connectivity index (χ0n) is 19.0. The summed E-state index contributed by atoms with van der Waals surface area (Å²) in [5.74, 6) is -0.345. The highest BCUT2D eigenvalue weighted by atomic mass is 31.0. The van der Waals surface area contributed by atoms with Gasteiger partial charge in [0.05, 0.1) is 17.1 Å². The van der Waals surface area contributed by atoms with Gasteiger partial charge >= 0.3 is 0 Å². The zero-order chi connectivity index (χ0) is 23.7. The van der Waals surface area contributed by atoms with Crippen molar-refractivity contribution >= 4 is 42.9 Å². The van der Waals surface area contributed by atoms with E-state index in [-0.39, 0.29) is 5.76 Å². The van der Waals surface area contributed by atoms with Crippen LogP contribution in [0.3, 0.4) is 0 Å². The van der Waals surface area contributed by atoms with Gasteiger partial charge in [-0.05, 0) is 83.2 Å². The van der Waals surface area contributed by atoms with Gasteiger partial charge in [-0.3, -0.25) is 9.69 Å². The van der Waals surface area contributed by atoms with Crippen LogP contribution in [0.2, 0.25) is 0 Å². The van der Waals surface area contributed by atoms with E-state index in [9.17, 15) is 10.1 Å². The van der Waals surface area contributed by atoms with Gasteiger partial charge in [0, 0.05) is 48.8 Å². The molecule has 34 heavy (non-hydrogen) atoms. The Hall–Kier alpha value is -3.33. The predicted molar refractivity (Wildman–Crippen MR) is 138 cm³/mol. The molecule has 0 bridgehead atoms. The lowest BCUT2D eigenvalue weighted by atomic mass is 10.1. The van der Waals surface area contributed by atoms with Crippen molar-refractivity contribution in [2.45, 2.75) is 19.3 Å². The standard InChI is InChI=1S/C26H28N5O2P/c27-16-18-4-6-23-22(13-18)19(17-31(23)34)3-1-2-8-29-9-11-30(12-10-29)21-5-7-24-20(14-21)15-25(33-24)26(28)32/h4-7,13-15,17H,1-3,8-12,34H2,(H2,28,32). The summed E-state index contributed by atoms with van der Waals surface area (Å²) in [5.41, 5.74) is 10.3. The van der Waals surface area contributed by atoms with E-state index in [0.29, 0.717) is 11.1 Å². The molecule has 2 aromatic carbocycles. The molecule has 174 valence electrons. The molecule has 1 fully saturated rings. The maximum absolute atomic E-state index is 11.4. The topological polar surface area (TPSA) is 91.4 Å². The highest BCUT2D eigenvalue weighted by Gasteiger charge is 2.18. The van der Waals surface area contributed by atoms with E-state index in [1.165, 1.54) is 10.9 Å². The summed E-state index contributed by atoms with van der Waals surface area (Å²) < 4.78 is 7.56. The number of unbranched alkanes of at least 4 members (excludes halogenated alkanes) is 1. The maximum Gasteiger partial charge on any atom is 0.284 e. The summed E-state index contributed by atoms with van der Waals surface area (Å²) in [4.78, 5) is 16.3. The minimum absolute atomic E-state index is 0.199. The van der Waals surface area contributed by atoms with Gasteiger partial charge in [0.1, 0.15) is 5.58 Å². The van der Waals surface area contributed by atoms with Crippen molar-refractivity contribution in [2.75, 3.05) is 37.6 Å². The smallest absolute Gasteiger partial charge is 0.284 e. The van der Waals surface area contributed by atoms with Crippen LogP contribution in [0.4, 0.5) is 5.69 Å². The Morgan fingerprint density at radius 2 is 1.91 bits per heavy atom. The molecular formula is C26H28N5O2P. The second-order valence-corrected chi connectivity index (χ2v) is 9.44. The second-order valence-electron chi connectivity index (χ2n) is 8.89. The largest absolute Gasteiger partial charge is 0.451 e. The first kappa shape index (κ1) is 22.5. The average molecular weight is 474 g/mol. The van der Waals surface area contributed by atoms with Crippen LogP contribution in [0.5, 0.6) is 0 Å². The van der Waals surface area contributed by atoms with Crippen molar-refractivity contribution in [3.63, 3.8) is 0 Å². The Labute approximate surface area is 201 Å². The molecule has 4 aromatic rings. The number of benzene rings is 2. The van der Waals surface area contributed by atoms with Crippen molar-refractivity contribution in [1.29, 1.82) is 5.26 Å². The number of nitrogens with zero attached hydrogens (tertiary/aromatic N) is 4. The Kier molecular flexibility index (Phi) is 6.28. The highest BCUT2D eigenvalue weighted by molar-refractivity contribution is 7.14. The zero-order valence-corrected chi connectivity index (χ0v) is 20.2. The molecule has 0 saturated carbocycles. The van der Waals surface area contributed by atoms with Crippen molar-refractivity contribution in [1.82, 2.24) is 9.24 Å². The Bertz CT molecular complexity index is 1390. The van der Waals surface area contributed by atoms with Crippen LogP contribution in [0, 0.1) is 11.3 Å². The highest BCUT2D eigenvalue weighted by Crippen LogP contribution is 2.27. The number of rotatable bonds is 7. The van der Waals surface area contributed by atoms with Gasteiger partial charge in [0.15, 0.2) is 5.76 Å². The van der Waals surface area contributed by atoms with Crippen LogP contribution < -0.4 is 10.6 Å². The lowest BCUT2D eigenvalue weighted by Crippen LogP contribution is -2.46. The number of piperazine rings is 1. The van der Waals surface area contributed by atoms with E-state index in [2.05, 4.69) is 41.9 Å². The van der Waals surface area contributed by atoms with Crippen LogP contribution in [0.1, 0.15) is 34.5 Å². The molecule has 1 aliphatic rings. The summed E-state index contributed by atoms with van der Waals surface area (Å²) in [5, 5.41) is 11.3. The first-order valence-electron chi connectivity index (χ1n) is 11.6. The molecule has 1 saturated heterocycles. The number of nitriles is 1. The molecule has 2 aromatic heterocycles. The average Bonchev–Trinajstić information content (AvgIpc) is 3.42. The third kappa shape index (κ3) is 4.52. The van der Waals surface area contributed by atoms with Gasteiger partial charge in [0.2, 0.25) is 0 Å². The lowest BCUT2D eigenvalue weighted by molar-refractivity contribution is 0.0976. The number of amides is 1. The van der Waals surface area contributed by atoms with Crippen LogP contribution in [0.15, 0.2) is 53.1 Å². The quantitative estimate of drug-likeness (QED) is 0.322. The summed E-state index contributed by atoms with van der Waals surface area (Å²) in [6.07, 6.45) is 5.46. The van der Waals surface area contributed by atoms with E-state index in [1.807, 2.05) is 30.3 Å². The Balaban J connectivity index is 1.12. The van der Waals surface area contributed by atoms with Gasteiger partial charge in [0.25, 0.3) is 5.91 Å². The predicted octanol–water partition coefficient (Wildman–Crippen LogP) is 4.14. The van der Waals surface area contributed by atoms with Crippen LogP contribution in [-0.2, 0) is 6.42 Å². The monoisotopic (exact) mass is 473 g/mol. The fraction of sp³-hybridized carbons (Fsp3) is 0.308. The number of hydrogen-bond donors (Lipinski definition) is 1. The second kappa shape index (κ2) is 9.50. The number of hydrogen-bond acceptors (Lipinski definition) is 5. The third-order valence-corrected chi connectivity index (χ3v) is 7.12. The van der Waals surface area contributed by atoms with Gasteiger partial charge in [-0.2, -0.15) is 5.26 Å². The molecule has 2 N–H and O–H groups in total. The molecule has 0 spiro atoms. The Morgan fingerprint density at radius 1 is 1.09 bits per heavy atom. The first-order chi connectivity index (χ1) is 16.5. The molecule has 5 rings (SSSR count). The molecule has 1 atom stereocenters. The minimum Gasteiger partial charge on any atom is -0.451 e. The summed E-state index contributed by atoms with van der Waals surface area (Å²) in [6, 6.07) is 15.9. The summed E-state index contributed by atoms with van der Waals surface area (Å²) >= 11 is 0. The number of carbonyl (C=O) groups excluding carboxylic acids is 1. The molecular weight excluding hydrogens is 445 g/mol. The molecule has 3 heterocycles. The lowest BCUT2D eigenvalue weighted by Gasteiger charge is -2.36. The van der Waals surface area contributed by atoms with Gasteiger partial charge < -0.3 is 19.4 Å². The fourth-order valence-electron chi connectivity index (χ4n) is 4.82. The van der Waals surface area contributed by atoms with Gasteiger partial charge in [-0.25, -0.2) is 0 Å². The van der Waals surface area contributed by atoms with E-state index >= 15 is 0 Å². The molecule has 0 aliphatic carbocycles. The molecule has 0 radical (unpaired) electrons. The van der Waals surface area contributed by atoms with E-state index in [1.54, 1.807) is 6.07 Å². The van der Waals surface area contributed by atoms with Crippen LogP contribution in [-0.4, -0.2) is 47.9 Å². The molecule has 1 unspecified atom stereocenters. The van der Waals surface area contributed by atoms with E-state index in [4.69, 9.17) is 10.2 Å². The number of aromatic nitrogens is 1. The van der Waals surface area contributed by atoms with Crippen LogP contribution in [0.25, 0.3) is 21.9 Å². The SMILES string of the molecule is N#Cc1ccc2c(c1)c(CCCCN1CCN(c3ccc4oc(C(N)=O)cc4c3)CC1)cn2P.